The molecule has 24 heavy (non-hydrogen) atoms. The fourth-order valence-corrected chi connectivity index (χ4v) is 4.66. The number of hydrogen-bond donors (Lipinski definition) is 2. The van der Waals surface area contributed by atoms with Crippen LogP contribution >= 0.6 is 0 Å². The normalized spacial score (nSPS) is 27.0. The van der Waals surface area contributed by atoms with E-state index in [0.717, 1.165) is 6.26 Å². The van der Waals surface area contributed by atoms with Crippen molar-refractivity contribution in [1.29, 1.82) is 0 Å². The minimum absolute atomic E-state index is 0. The Balaban J connectivity index is 0.00000288. The van der Waals surface area contributed by atoms with Gasteiger partial charge in [0.25, 0.3) is 0 Å². The van der Waals surface area contributed by atoms with Crippen LogP contribution in [0.4, 0.5) is 4.39 Å². The predicted molar refractivity (Wildman–Crippen MR) is 92.5 cm³/mol. The van der Waals surface area contributed by atoms with Crippen molar-refractivity contribution in [3.8, 4) is 0 Å². The fraction of sp³-hybridized carbons (Fsp3) is 0.562. The van der Waals surface area contributed by atoms with E-state index in [4.69, 9.17) is 0 Å². The monoisotopic (exact) mass is 351 g/mol. The molecule has 130 valence electrons. The second kappa shape index (κ2) is 7.57. The van der Waals surface area contributed by atoms with Crippen LogP contribution in [-0.4, -0.2) is 55.4 Å². The molecule has 0 aromatic heterocycles. The van der Waals surface area contributed by atoms with Gasteiger partial charge in [-0.2, -0.15) is 0 Å². The van der Waals surface area contributed by atoms with Crippen LogP contribution in [0.15, 0.2) is 24.3 Å². The van der Waals surface area contributed by atoms with Crippen molar-refractivity contribution in [2.45, 2.75) is 43.5 Å². The molecule has 0 amide bonds. The van der Waals surface area contributed by atoms with Crippen LogP contribution in [0.3, 0.4) is 0 Å². The predicted octanol–water partition coefficient (Wildman–Crippen LogP) is 1.49. The number of carbonyl (C=O) groups is 1. The van der Waals surface area contributed by atoms with Gasteiger partial charge in [-0.15, -0.1) is 0 Å². The number of rotatable bonds is 5. The van der Waals surface area contributed by atoms with Gasteiger partial charge < -0.3 is 5.11 Å². The summed E-state index contributed by atoms with van der Waals surface area (Å²) in [5, 5.41) is 11.9. The Bertz CT molecular complexity index is 693. The molecule has 2 rings (SSSR count). The van der Waals surface area contributed by atoms with E-state index >= 15 is 0 Å². The molecule has 8 heteroatoms. The summed E-state index contributed by atoms with van der Waals surface area (Å²) in [6.45, 7) is 3.79. The van der Waals surface area contributed by atoms with Gasteiger partial charge in [0.15, 0.2) is 9.84 Å². The molecule has 1 aliphatic rings. The van der Waals surface area contributed by atoms with Gasteiger partial charge in [0, 0.05) is 12.3 Å². The van der Waals surface area contributed by atoms with Gasteiger partial charge in [0.1, 0.15) is 11.4 Å². The van der Waals surface area contributed by atoms with Gasteiger partial charge in [-0.25, -0.2) is 12.8 Å². The van der Waals surface area contributed by atoms with Crippen molar-refractivity contribution in [1.82, 2.24) is 5.32 Å². The average Bonchev–Trinajstić information content (AvgIpc) is 2.80. The van der Waals surface area contributed by atoms with Crippen LogP contribution in [-0.2, 0) is 14.6 Å². The summed E-state index contributed by atoms with van der Waals surface area (Å²) in [5.74, 6) is -1.38. The van der Waals surface area contributed by atoms with Gasteiger partial charge in [0.2, 0.25) is 0 Å². The van der Waals surface area contributed by atoms with E-state index in [9.17, 15) is 22.7 Å². The van der Waals surface area contributed by atoms with E-state index in [-0.39, 0.29) is 31.2 Å². The first-order valence-corrected chi connectivity index (χ1v) is 9.46. The Labute approximate surface area is 154 Å². The van der Waals surface area contributed by atoms with Gasteiger partial charge in [-0.05, 0) is 36.5 Å². The first-order valence-electron chi connectivity index (χ1n) is 7.50. The number of carboxylic acid groups (broad SMARTS) is 1. The summed E-state index contributed by atoms with van der Waals surface area (Å²) in [6.07, 6.45) is 1.44. The van der Waals surface area contributed by atoms with E-state index in [1.165, 1.54) is 24.3 Å². The number of benzene rings is 1. The standard InChI is InChI=1S/C16H22FNO4S.Li.H/c1-10(2)8-16(15(19)20)9-13(23(3,21)22)14(18-16)11-4-6-12(17)7-5-11;;/h4-7,10,13-14,18H,8-9H2,1-3H3,(H,19,20);;/t13-,14+,16+;;/m0../s1. The molecule has 0 saturated carbocycles. The van der Waals surface area contributed by atoms with Crippen LogP contribution in [0, 0.1) is 11.7 Å². The Morgan fingerprint density at radius 2 is 1.92 bits per heavy atom. The summed E-state index contributed by atoms with van der Waals surface area (Å²) >= 11 is 0. The van der Waals surface area contributed by atoms with Crippen molar-refractivity contribution in [2.75, 3.05) is 6.26 Å². The van der Waals surface area contributed by atoms with Crippen LogP contribution in [0.2, 0.25) is 0 Å². The van der Waals surface area contributed by atoms with E-state index < -0.39 is 38.5 Å². The second-order valence-corrected chi connectivity index (χ2v) is 9.00. The number of sulfone groups is 1. The zero-order valence-electron chi connectivity index (χ0n) is 13.4. The molecule has 0 unspecified atom stereocenters. The molecular weight excluding hydrogens is 328 g/mol. The van der Waals surface area contributed by atoms with Crippen molar-refractivity contribution in [2.24, 2.45) is 5.92 Å². The van der Waals surface area contributed by atoms with Crippen molar-refractivity contribution in [3.05, 3.63) is 35.6 Å². The maximum atomic E-state index is 13.1. The van der Waals surface area contributed by atoms with E-state index in [2.05, 4.69) is 5.32 Å². The zero-order chi connectivity index (χ0) is 17.4. The molecule has 3 atom stereocenters. The molecule has 2 N–H and O–H groups in total. The molecule has 1 aromatic carbocycles. The van der Waals surface area contributed by atoms with E-state index in [0.29, 0.717) is 12.0 Å². The summed E-state index contributed by atoms with van der Waals surface area (Å²) in [5.41, 5.74) is -0.713. The quantitative estimate of drug-likeness (QED) is 0.786. The van der Waals surface area contributed by atoms with Crippen molar-refractivity contribution >= 4 is 34.7 Å². The maximum absolute atomic E-state index is 13.1. The Morgan fingerprint density at radius 1 is 1.38 bits per heavy atom. The number of nitrogens with one attached hydrogen (secondary N) is 1. The molecule has 1 aliphatic heterocycles. The SMILES string of the molecule is CC(C)C[C@]1(C(=O)O)C[C@H](S(C)(=O)=O)[C@@H](c2ccc(F)cc2)N1.[LiH]. The molecule has 0 bridgehead atoms. The first kappa shape index (κ1) is 21.2. The number of hydrogen-bond acceptors (Lipinski definition) is 4. The van der Waals surface area contributed by atoms with Crippen molar-refractivity contribution < 1.29 is 22.7 Å². The average molecular weight is 351 g/mol. The zero-order valence-corrected chi connectivity index (χ0v) is 14.2. The molecule has 1 saturated heterocycles. The van der Waals surface area contributed by atoms with Crippen LogP contribution < -0.4 is 5.32 Å². The summed E-state index contributed by atoms with van der Waals surface area (Å²) in [7, 11) is -3.47. The van der Waals surface area contributed by atoms with Crippen molar-refractivity contribution in [3.63, 3.8) is 0 Å². The van der Waals surface area contributed by atoms with Crippen LogP contribution in [0.5, 0.6) is 0 Å². The Morgan fingerprint density at radius 3 is 2.33 bits per heavy atom. The molecule has 0 radical (unpaired) electrons. The summed E-state index contributed by atoms with van der Waals surface area (Å²) in [6, 6.07) is 4.83. The first-order chi connectivity index (χ1) is 10.5. The molecule has 1 aromatic rings. The number of halogens is 1. The van der Waals surface area contributed by atoms with Gasteiger partial charge in [-0.3, -0.25) is 10.1 Å². The number of aliphatic carboxylic acids is 1. The molecule has 0 spiro atoms. The molecular formula is C16H23FLiNO4S. The van der Waals surface area contributed by atoms with Crippen LogP contribution in [0.25, 0.3) is 0 Å². The molecule has 1 heterocycles. The van der Waals surface area contributed by atoms with Crippen LogP contribution in [0.1, 0.15) is 38.3 Å². The summed E-state index contributed by atoms with van der Waals surface area (Å²) < 4.78 is 37.5. The minimum atomic E-state index is -3.47. The van der Waals surface area contributed by atoms with Gasteiger partial charge >= 0.3 is 24.8 Å². The third kappa shape index (κ3) is 4.40. The van der Waals surface area contributed by atoms with E-state index in [1.807, 2.05) is 13.8 Å². The number of carboxylic acids is 1. The molecule has 0 aliphatic carbocycles. The third-order valence-electron chi connectivity index (χ3n) is 4.30. The van der Waals surface area contributed by atoms with Gasteiger partial charge in [0.05, 0.1) is 5.25 Å². The Hall–Kier alpha value is -0.873. The fourth-order valence-electron chi connectivity index (χ4n) is 3.35. The van der Waals surface area contributed by atoms with E-state index in [1.54, 1.807) is 0 Å². The molecule has 5 nitrogen and oxygen atoms in total. The molecule has 1 fully saturated rings. The van der Waals surface area contributed by atoms with Gasteiger partial charge in [-0.1, -0.05) is 26.0 Å². The summed E-state index contributed by atoms with van der Waals surface area (Å²) in [4.78, 5) is 11.8. The topological polar surface area (TPSA) is 83.5 Å². The Kier molecular flexibility index (Phi) is 6.68. The third-order valence-corrected chi connectivity index (χ3v) is 5.84. The second-order valence-electron chi connectivity index (χ2n) is 6.73.